The minimum Gasteiger partial charge on any atom is -0.491 e. The molecule has 1 aliphatic rings. The van der Waals surface area contributed by atoms with E-state index in [9.17, 15) is 18.0 Å². The number of aryl methyl sites for hydroxylation is 1. The van der Waals surface area contributed by atoms with Gasteiger partial charge in [0.15, 0.2) is 0 Å². The Morgan fingerprint density at radius 3 is 2.63 bits per heavy atom. The number of urea groups is 1. The first-order valence-electron chi connectivity index (χ1n) is 13.4. The number of nitrogens with one attached hydrogen (secondary N) is 1. The Kier molecular flexibility index (Phi) is 7.95. The molecule has 5 rings (SSSR count). The summed E-state index contributed by atoms with van der Waals surface area (Å²) in [5.41, 5.74) is 6.90. The average molecular weight is 602 g/mol. The number of anilines is 2. The summed E-state index contributed by atoms with van der Waals surface area (Å²) in [5, 5.41) is 6.84. The van der Waals surface area contributed by atoms with Gasteiger partial charge in [0.25, 0.3) is 0 Å². The lowest BCUT2D eigenvalue weighted by molar-refractivity contribution is -0.144. The van der Waals surface area contributed by atoms with Gasteiger partial charge in [-0.2, -0.15) is 18.3 Å². The molecule has 0 spiro atoms. The van der Waals surface area contributed by atoms with Crippen molar-refractivity contribution in [1.82, 2.24) is 19.7 Å². The van der Waals surface area contributed by atoms with Gasteiger partial charge in [-0.25, -0.2) is 28.2 Å². The maximum absolute atomic E-state index is 15.8. The Hall–Kier alpha value is -4.75. The van der Waals surface area contributed by atoms with Crippen LogP contribution in [0.25, 0.3) is 16.9 Å². The summed E-state index contributed by atoms with van der Waals surface area (Å²) in [6.45, 7) is 6.44. The molecule has 226 valence electrons. The molecule has 14 heteroatoms. The molecule has 0 aliphatic carbocycles. The number of para-hydroxylation sites is 1. The number of benzene rings is 2. The quantitative estimate of drug-likeness (QED) is 0.251. The monoisotopic (exact) mass is 601 g/mol. The molecular formula is C29H28F5N7O2. The number of hydrogen-bond acceptors (Lipinski definition) is 6. The molecule has 0 bridgehead atoms. The smallest absolute Gasteiger partial charge is 0.451 e. The molecule has 3 heterocycles. The lowest BCUT2D eigenvalue weighted by Gasteiger charge is -2.28. The van der Waals surface area contributed by atoms with Gasteiger partial charge in [-0.1, -0.05) is 26.0 Å². The molecule has 1 aliphatic heterocycles. The van der Waals surface area contributed by atoms with Gasteiger partial charge in [-0.15, -0.1) is 0 Å². The molecule has 0 radical (unpaired) electrons. The first kappa shape index (κ1) is 29.7. The molecule has 9 nitrogen and oxygen atoms in total. The summed E-state index contributed by atoms with van der Waals surface area (Å²) in [5.74, 6) is -2.44. The third-order valence-corrected chi connectivity index (χ3v) is 6.81. The molecule has 0 atom stereocenters. The van der Waals surface area contributed by atoms with Crippen LogP contribution in [0, 0.1) is 24.5 Å². The van der Waals surface area contributed by atoms with Crippen molar-refractivity contribution in [2.24, 2.45) is 11.7 Å². The zero-order valence-corrected chi connectivity index (χ0v) is 23.5. The number of hydrogen-bond donors (Lipinski definition) is 2. The number of halogens is 5. The van der Waals surface area contributed by atoms with E-state index in [1.54, 1.807) is 17.0 Å². The largest absolute Gasteiger partial charge is 0.491 e. The lowest BCUT2D eigenvalue weighted by Crippen LogP contribution is -2.31. The van der Waals surface area contributed by atoms with E-state index >= 15 is 8.78 Å². The Morgan fingerprint density at radius 1 is 1.16 bits per heavy atom. The van der Waals surface area contributed by atoms with Crippen molar-refractivity contribution in [2.45, 2.75) is 39.9 Å². The van der Waals surface area contributed by atoms with Crippen LogP contribution in [0.1, 0.15) is 36.5 Å². The maximum Gasteiger partial charge on any atom is 0.451 e. The van der Waals surface area contributed by atoms with Crippen LogP contribution in [0.5, 0.6) is 5.75 Å². The van der Waals surface area contributed by atoms with Crippen LogP contribution in [-0.2, 0) is 19.1 Å². The van der Waals surface area contributed by atoms with Crippen LogP contribution in [0.4, 0.5) is 38.3 Å². The molecule has 0 unspecified atom stereocenters. The van der Waals surface area contributed by atoms with E-state index in [1.165, 1.54) is 10.7 Å². The van der Waals surface area contributed by atoms with Crippen LogP contribution >= 0.6 is 0 Å². The molecule has 2 aromatic heterocycles. The molecule has 43 heavy (non-hydrogen) atoms. The molecule has 3 N–H and O–H groups in total. The zero-order chi connectivity index (χ0) is 31.1. The van der Waals surface area contributed by atoms with Gasteiger partial charge in [0.2, 0.25) is 5.82 Å². The molecule has 0 saturated carbocycles. The van der Waals surface area contributed by atoms with Gasteiger partial charge in [0.1, 0.15) is 28.9 Å². The standard InChI is InChI=1S/C29H28F5N7O2/c1-15(2)14-43-23-6-4-5-16(3)25(23)41-26(17-11-20(31)22(12-19(17)30)37-28(35)42)18-13-40(10-8-21(18)39-41)24-7-9-36-27(38-24)29(32,33)34/h4-7,9,11-12,15H,8,10,13-14H2,1-3H3,(H3,35,37,42). The molecule has 0 fully saturated rings. The van der Waals surface area contributed by atoms with E-state index in [1.807, 2.05) is 26.8 Å². The van der Waals surface area contributed by atoms with Crippen LogP contribution in [0.2, 0.25) is 0 Å². The minimum atomic E-state index is -4.74. The van der Waals surface area contributed by atoms with Crippen LogP contribution in [0.3, 0.4) is 0 Å². The number of aromatic nitrogens is 4. The molecular weight excluding hydrogens is 573 g/mol. The number of rotatable bonds is 7. The lowest BCUT2D eigenvalue weighted by atomic mass is 9.99. The normalized spacial score (nSPS) is 13.3. The highest BCUT2D eigenvalue weighted by molar-refractivity contribution is 5.88. The highest BCUT2D eigenvalue weighted by Crippen LogP contribution is 2.40. The number of primary amides is 1. The van der Waals surface area contributed by atoms with Gasteiger partial charge in [0.05, 0.1) is 23.7 Å². The number of amides is 2. The van der Waals surface area contributed by atoms with Gasteiger partial charge in [-0.3, -0.25) is 0 Å². The summed E-state index contributed by atoms with van der Waals surface area (Å²) in [6.07, 6.45) is -3.44. The SMILES string of the molecule is Cc1cccc(OCC(C)C)c1-n1nc2c(c1-c1cc(F)c(NC(N)=O)cc1F)CN(c1ccnc(C(F)(F)F)n1)CC2. The summed E-state index contributed by atoms with van der Waals surface area (Å²) in [4.78, 5) is 20.0. The predicted octanol–water partition coefficient (Wildman–Crippen LogP) is 6.02. The third kappa shape index (κ3) is 6.08. The summed E-state index contributed by atoms with van der Waals surface area (Å²) < 4.78 is 78.6. The van der Waals surface area contributed by atoms with Crippen molar-refractivity contribution in [3.05, 3.63) is 76.9 Å². The second-order valence-electron chi connectivity index (χ2n) is 10.5. The first-order chi connectivity index (χ1) is 20.3. The highest BCUT2D eigenvalue weighted by Gasteiger charge is 2.36. The van der Waals surface area contributed by atoms with Gasteiger partial charge >= 0.3 is 12.2 Å². The fourth-order valence-electron chi connectivity index (χ4n) is 4.90. The van der Waals surface area contributed by atoms with Crippen molar-refractivity contribution in [2.75, 3.05) is 23.4 Å². The molecule has 0 saturated heterocycles. The van der Waals surface area contributed by atoms with Crippen molar-refractivity contribution < 1.29 is 31.5 Å². The number of ether oxygens (including phenoxy) is 1. The van der Waals surface area contributed by atoms with E-state index in [2.05, 4.69) is 15.3 Å². The number of carbonyl (C=O) groups is 1. The Bertz CT molecular complexity index is 1690. The van der Waals surface area contributed by atoms with Gasteiger partial charge in [-0.05, 0) is 36.6 Å². The van der Waals surface area contributed by atoms with E-state index in [0.29, 0.717) is 29.3 Å². The Balaban J connectivity index is 1.70. The second-order valence-corrected chi connectivity index (χ2v) is 10.5. The van der Waals surface area contributed by atoms with Crippen LogP contribution < -0.4 is 20.7 Å². The Labute approximate surface area is 243 Å². The minimum absolute atomic E-state index is 0.00457. The van der Waals surface area contributed by atoms with Gasteiger partial charge < -0.3 is 20.7 Å². The van der Waals surface area contributed by atoms with Crippen LogP contribution in [0.15, 0.2) is 42.6 Å². The number of nitrogens with zero attached hydrogens (tertiary/aromatic N) is 5. The van der Waals surface area contributed by atoms with Crippen molar-refractivity contribution >= 4 is 17.5 Å². The summed E-state index contributed by atoms with van der Waals surface area (Å²) in [7, 11) is 0. The average Bonchev–Trinajstić information content (AvgIpc) is 3.31. The topological polar surface area (TPSA) is 111 Å². The van der Waals surface area contributed by atoms with Crippen molar-refractivity contribution in [1.29, 1.82) is 0 Å². The summed E-state index contributed by atoms with van der Waals surface area (Å²) >= 11 is 0. The number of carbonyl (C=O) groups excluding carboxylic acids is 1. The van der Waals surface area contributed by atoms with Crippen molar-refractivity contribution in [3.8, 4) is 22.7 Å². The van der Waals surface area contributed by atoms with E-state index < -0.39 is 35.4 Å². The fraction of sp³-hybridized carbons (Fsp3) is 0.310. The zero-order valence-electron chi connectivity index (χ0n) is 23.5. The second kappa shape index (κ2) is 11.5. The van der Waals surface area contributed by atoms with Gasteiger partial charge in [0, 0.05) is 42.9 Å². The maximum atomic E-state index is 15.8. The molecule has 2 aromatic carbocycles. The predicted molar refractivity (Wildman–Crippen MR) is 149 cm³/mol. The summed E-state index contributed by atoms with van der Waals surface area (Å²) in [6, 6.07) is 7.40. The third-order valence-electron chi connectivity index (χ3n) is 6.81. The number of alkyl halides is 3. The molecule has 2 amide bonds. The van der Waals surface area contributed by atoms with E-state index in [0.717, 1.165) is 23.9 Å². The first-order valence-corrected chi connectivity index (χ1v) is 13.4. The Morgan fingerprint density at radius 2 is 1.93 bits per heavy atom. The van der Waals surface area contributed by atoms with E-state index in [4.69, 9.17) is 15.6 Å². The highest BCUT2D eigenvalue weighted by atomic mass is 19.4. The number of nitrogens with two attached hydrogens (primary N) is 1. The van der Waals surface area contributed by atoms with Crippen LogP contribution in [-0.4, -0.2) is 38.9 Å². The number of fused-ring (bicyclic) bond motifs is 1. The molecule has 4 aromatic rings. The fourth-order valence-corrected chi connectivity index (χ4v) is 4.90. The van der Waals surface area contributed by atoms with E-state index in [-0.39, 0.29) is 42.5 Å². The van der Waals surface area contributed by atoms with Crippen molar-refractivity contribution in [3.63, 3.8) is 0 Å².